The van der Waals surface area contributed by atoms with Gasteiger partial charge in [-0.2, -0.15) is 0 Å². The van der Waals surface area contributed by atoms with Gasteiger partial charge >= 0.3 is 0 Å². The number of benzene rings is 1. The van der Waals surface area contributed by atoms with Gasteiger partial charge in [0.15, 0.2) is 5.82 Å². The van der Waals surface area contributed by atoms with Crippen LogP contribution in [-0.2, 0) is 0 Å². The van der Waals surface area contributed by atoms with Crippen LogP contribution in [0.2, 0.25) is 0 Å². The largest absolute Gasteiger partial charge is 0.367 e. The lowest BCUT2D eigenvalue weighted by Gasteiger charge is -2.08. The molecular weight excluding hydrogens is 284 g/mol. The number of anilines is 1. The Morgan fingerprint density at radius 3 is 2.57 bits per heavy atom. The molecule has 0 unspecified atom stereocenters. The number of nitrogens with zero attached hydrogens (tertiary/aromatic N) is 3. The summed E-state index contributed by atoms with van der Waals surface area (Å²) in [4.78, 5) is 13.2. The van der Waals surface area contributed by atoms with Crippen LogP contribution in [-0.4, -0.2) is 21.0 Å². The van der Waals surface area contributed by atoms with Gasteiger partial charge in [0.2, 0.25) is 0 Å². The molecule has 114 valence electrons. The molecule has 1 fully saturated rings. The van der Waals surface area contributed by atoms with Crippen LogP contribution in [0, 0.1) is 6.92 Å². The highest BCUT2D eigenvalue weighted by Crippen LogP contribution is 2.42. The second-order valence-corrected chi connectivity index (χ2v) is 5.96. The van der Waals surface area contributed by atoms with Crippen LogP contribution in [0.25, 0.3) is 11.4 Å². The molecule has 4 heteroatoms. The fourth-order valence-corrected chi connectivity index (χ4v) is 2.89. The number of aryl methyl sites for hydroxylation is 1. The second-order valence-electron chi connectivity index (χ2n) is 5.96. The molecule has 0 saturated heterocycles. The van der Waals surface area contributed by atoms with Gasteiger partial charge in [0.1, 0.15) is 5.82 Å². The van der Waals surface area contributed by atoms with Gasteiger partial charge in [-0.15, -0.1) is 0 Å². The lowest BCUT2D eigenvalue weighted by atomic mass is 10.1. The molecule has 1 aromatic carbocycles. The van der Waals surface area contributed by atoms with E-state index in [1.54, 1.807) is 12.4 Å². The summed E-state index contributed by atoms with van der Waals surface area (Å²) in [5.41, 5.74) is 3.35. The van der Waals surface area contributed by atoms with Gasteiger partial charge in [-0.1, -0.05) is 30.3 Å². The molecule has 1 aliphatic carbocycles. The SMILES string of the molecule is Cc1cc(N[C@@H]2C[C@@H]2c2ccccc2)nc(-c2ccncc2)n1. The van der Waals surface area contributed by atoms with Crippen LogP contribution in [0.4, 0.5) is 5.82 Å². The molecule has 23 heavy (non-hydrogen) atoms. The maximum atomic E-state index is 4.66. The molecule has 0 bridgehead atoms. The molecule has 2 atom stereocenters. The first-order valence-electron chi connectivity index (χ1n) is 7.87. The highest BCUT2D eigenvalue weighted by Gasteiger charge is 2.38. The average molecular weight is 302 g/mol. The quantitative estimate of drug-likeness (QED) is 0.796. The predicted molar refractivity (Wildman–Crippen MR) is 91.2 cm³/mol. The number of nitrogens with one attached hydrogen (secondary N) is 1. The van der Waals surface area contributed by atoms with Gasteiger partial charge in [0.25, 0.3) is 0 Å². The van der Waals surface area contributed by atoms with Gasteiger partial charge in [-0.25, -0.2) is 9.97 Å². The van der Waals surface area contributed by atoms with Crippen molar-refractivity contribution >= 4 is 5.82 Å². The molecule has 0 radical (unpaired) electrons. The normalized spacial score (nSPS) is 19.3. The summed E-state index contributed by atoms with van der Waals surface area (Å²) >= 11 is 0. The molecule has 2 heterocycles. The first kappa shape index (κ1) is 13.9. The minimum absolute atomic E-state index is 0.456. The van der Waals surface area contributed by atoms with E-state index in [-0.39, 0.29) is 0 Å². The van der Waals surface area contributed by atoms with Crippen molar-refractivity contribution in [3.8, 4) is 11.4 Å². The van der Waals surface area contributed by atoms with Crippen molar-refractivity contribution in [2.75, 3.05) is 5.32 Å². The van der Waals surface area contributed by atoms with E-state index in [1.807, 2.05) is 25.1 Å². The molecule has 4 rings (SSSR count). The Bertz CT molecular complexity index is 802. The molecule has 1 aliphatic rings. The molecule has 1 N–H and O–H groups in total. The van der Waals surface area contributed by atoms with E-state index in [4.69, 9.17) is 0 Å². The summed E-state index contributed by atoms with van der Waals surface area (Å²) in [7, 11) is 0. The third-order valence-corrected chi connectivity index (χ3v) is 4.14. The van der Waals surface area contributed by atoms with E-state index in [9.17, 15) is 0 Å². The topological polar surface area (TPSA) is 50.7 Å². The Labute approximate surface area is 135 Å². The Kier molecular flexibility index (Phi) is 3.50. The maximum absolute atomic E-state index is 4.66. The third-order valence-electron chi connectivity index (χ3n) is 4.14. The number of hydrogen-bond acceptors (Lipinski definition) is 4. The van der Waals surface area contributed by atoms with Crippen LogP contribution >= 0.6 is 0 Å². The van der Waals surface area contributed by atoms with Crippen molar-refractivity contribution in [2.45, 2.75) is 25.3 Å². The van der Waals surface area contributed by atoms with Crippen molar-refractivity contribution in [3.05, 3.63) is 72.2 Å². The molecule has 4 nitrogen and oxygen atoms in total. The van der Waals surface area contributed by atoms with E-state index in [0.29, 0.717) is 12.0 Å². The van der Waals surface area contributed by atoms with Gasteiger partial charge < -0.3 is 5.32 Å². The number of pyridine rings is 1. The van der Waals surface area contributed by atoms with Crippen LogP contribution in [0.3, 0.4) is 0 Å². The van der Waals surface area contributed by atoms with Crippen molar-refractivity contribution in [1.82, 2.24) is 15.0 Å². The standard InChI is InChI=1S/C19H18N4/c1-13-11-18(23-19(21-13)15-7-9-20-10-8-15)22-17-12-16(17)14-5-3-2-4-6-14/h2-11,16-17H,12H2,1H3,(H,21,22,23)/t16-,17-/m1/s1. The first-order valence-corrected chi connectivity index (χ1v) is 7.87. The zero-order valence-corrected chi connectivity index (χ0v) is 13.0. The minimum Gasteiger partial charge on any atom is -0.367 e. The Morgan fingerprint density at radius 2 is 1.78 bits per heavy atom. The number of hydrogen-bond donors (Lipinski definition) is 1. The van der Waals surface area contributed by atoms with Crippen LogP contribution in [0.15, 0.2) is 60.9 Å². The summed E-state index contributed by atoms with van der Waals surface area (Å²) in [6.07, 6.45) is 4.68. The van der Waals surface area contributed by atoms with Gasteiger partial charge in [0, 0.05) is 41.7 Å². The maximum Gasteiger partial charge on any atom is 0.161 e. The van der Waals surface area contributed by atoms with Crippen molar-refractivity contribution < 1.29 is 0 Å². The second kappa shape index (κ2) is 5.80. The van der Waals surface area contributed by atoms with Crippen LogP contribution in [0.5, 0.6) is 0 Å². The van der Waals surface area contributed by atoms with Gasteiger partial charge in [-0.05, 0) is 31.0 Å². The fraction of sp³-hybridized carbons (Fsp3) is 0.211. The average Bonchev–Trinajstić information content (AvgIpc) is 3.35. The molecule has 0 aliphatic heterocycles. The molecule has 1 saturated carbocycles. The van der Waals surface area contributed by atoms with E-state index < -0.39 is 0 Å². The molecule has 3 aromatic rings. The lowest BCUT2D eigenvalue weighted by molar-refractivity contribution is 1.01. The van der Waals surface area contributed by atoms with Gasteiger partial charge in [0.05, 0.1) is 0 Å². The summed E-state index contributed by atoms with van der Waals surface area (Å²) < 4.78 is 0. The van der Waals surface area contributed by atoms with E-state index in [2.05, 4.69) is 50.6 Å². The lowest BCUT2D eigenvalue weighted by Crippen LogP contribution is -2.07. The van der Waals surface area contributed by atoms with Crippen molar-refractivity contribution in [3.63, 3.8) is 0 Å². The number of rotatable bonds is 4. The zero-order valence-electron chi connectivity index (χ0n) is 13.0. The van der Waals surface area contributed by atoms with Gasteiger partial charge in [-0.3, -0.25) is 4.98 Å². The summed E-state index contributed by atoms with van der Waals surface area (Å²) in [5.74, 6) is 2.22. The zero-order chi connectivity index (χ0) is 15.6. The third kappa shape index (κ3) is 3.06. The minimum atomic E-state index is 0.456. The smallest absolute Gasteiger partial charge is 0.161 e. The van der Waals surface area contributed by atoms with Crippen LogP contribution in [0.1, 0.15) is 23.6 Å². The summed E-state index contributed by atoms with van der Waals surface area (Å²) in [6.45, 7) is 2.00. The molecule has 2 aromatic heterocycles. The summed E-state index contributed by atoms with van der Waals surface area (Å²) in [5, 5.41) is 3.55. The van der Waals surface area contributed by atoms with Crippen LogP contribution < -0.4 is 5.32 Å². The number of aromatic nitrogens is 3. The molecule has 0 spiro atoms. The highest BCUT2D eigenvalue weighted by molar-refractivity contribution is 5.57. The Morgan fingerprint density at radius 1 is 1.00 bits per heavy atom. The predicted octanol–water partition coefficient (Wildman–Crippen LogP) is 3.82. The van der Waals surface area contributed by atoms with E-state index >= 15 is 0 Å². The van der Waals surface area contributed by atoms with E-state index in [1.165, 1.54) is 5.56 Å². The van der Waals surface area contributed by atoms with E-state index in [0.717, 1.165) is 29.3 Å². The van der Waals surface area contributed by atoms with Crippen molar-refractivity contribution in [2.24, 2.45) is 0 Å². The monoisotopic (exact) mass is 302 g/mol. The highest BCUT2D eigenvalue weighted by atomic mass is 15.1. The first-order chi connectivity index (χ1) is 11.3. The summed E-state index contributed by atoms with van der Waals surface area (Å²) in [6, 6.07) is 17.0. The fourth-order valence-electron chi connectivity index (χ4n) is 2.89. The Hall–Kier alpha value is -2.75. The molecular formula is C19H18N4. The Balaban J connectivity index is 1.53. The molecule has 0 amide bonds. The van der Waals surface area contributed by atoms with Crippen molar-refractivity contribution in [1.29, 1.82) is 0 Å².